The quantitative estimate of drug-likeness (QED) is 0.750. The molecule has 0 spiro atoms. The van der Waals surface area contributed by atoms with Gasteiger partial charge in [-0.2, -0.15) is 0 Å². The van der Waals surface area contributed by atoms with Gasteiger partial charge in [0.1, 0.15) is 0 Å². The van der Waals surface area contributed by atoms with Crippen molar-refractivity contribution < 1.29 is 4.79 Å². The molecule has 5 nitrogen and oxygen atoms in total. The van der Waals surface area contributed by atoms with Crippen LogP contribution >= 0.6 is 0 Å². The van der Waals surface area contributed by atoms with Crippen LogP contribution in [0, 0.1) is 5.92 Å². The van der Waals surface area contributed by atoms with Gasteiger partial charge in [-0.1, -0.05) is 13.8 Å². The maximum atomic E-state index is 11.4. The molecule has 1 heterocycles. The Morgan fingerprint density at radius 1 is 1.40 bits per heavy atom. The number of aryl methyl sites for hydroxylation is 1. The lowest BCUT2D eigenvalue weighted by molar-refractivity contribution is -0.123. The highest BCUT2D eigenvalue weighted by Crippen LogP contribution is 2.03. The maximum absolute atomic E-state index is 11.4. The van der Waals surface area contributed by atoms with Crippen LogP contribution in [0.2, 0.25) is 0 Å². The number of nitrogens with one attached hydrogen (secondary N) is 2. The fourth-order valence-electron chi connectivity index (χ4n) is 1.65. The summed E-state index contributed by atoms with van der Waals surface area (Å²) >= 11 is 0. The highest BCUT2D eigenvalue weighted by atomic mass is 16.1. The molecule has 0 saturated carbocycles. The van der Waals surface area contributed by atoms with E-state index < -0.39 is 0 Å². The van der Waals surface area contributed by atoms with Crippen molar-refractivity contribution in [3.63, 3.8) is 0 Å². The van der Waals surface area contributed by atoms with E-state index in [0.717, 1.165) is 25.2 Å². The van der Waals surface area contributed by atoms with Crippen LogP contribution in [0.1, 0.15) is 46.7 Å². The molecule has 0 aliphatic rings. The molecule has 1 rings (SSSR count). The topological polar surface area (TPSA) is 59.0 Å². The van der Waals surface area contributed by atoms with Gasteiger partial charge >= 0.3 is 0 Å². The first-order valence-electron chi connectivity index (χ1n) is 7.31. The van der Waals surface area contributed by atoms with Gasteiger partial charge in [0.25, 0.3) is 0 Å². The Balaban J connectivity index is 2.25. The van der Waals surface area contributed by atoms with Crippen LogP contribution in [0.4, 0.5) is 0 Å². The molecule has 0 aliphatic carbocycles. The van der Waals surface area contributed by atoms with E-state index in [9.17, 15) is 4.79 Å². The Labute approximate surface area is 122 Å². The van der Waals surface area contributed by atoms with Gasteiger partial charge in [0.2, 0.25) is 5.91 Å². The summed E-state index contributed by atoms with van der Waals surface area (Å²) < 4.78 is 2.07. The standard InChI is InChI=1S/C15H28N4O/c1-12(2)14(20)16-7-6-8-19-10-13(17-11-19)9-18-15(3,4)5/h10-12,18H,6-9H2,1-5H3,(H,16,20). The fraction of sp³-hybridized carbons (Fsp3) is 0.733. The summed E-state index contributed by atoms with van der Waals surface area (Å²) in [5, 5.41) is 6.33. The van der Waals surface area contributed by atoms with Crippen LogP contribution in [-0.4, -0.2) is 27.5 Å². The Morgan fingerprint density at radius 3 is 2.70 bits per heavy atom. The van der Waals surface area contributed by atoms with E-state index in [-0.39, 0.29) is 17.4 Å². The maximum Gasteiger partial charge on any atom is 0.222 e. The lowest BCUT2D eigenvalue weighted by Crippen LogP contribution is -2.35. The molecule has 1 amide bonds. The lowest BCUT2D eigenvalue weighted by atomic mass is 10.1. The number of aromatic nitrogens is 2. The van der Waals surface area contributed by atoms with Crippen LogP contribution in [-0.2, 0) is 17.9 Å². The third-order valence-corrected chi connectivity index (χ3v) is 2.90. The van der Waals surface area contributed by atoms with Gasteiger partial charge < -0.3 is 15.2 Å². The third kappa shape index (κ3) is 6.70. The van der Waals surface area contributed by atoms with E-state index in [1.165, 1.54) is 0 Å². The van der Waals surface area contributed by atoms with E-state index in [2.05, 4.69) is 47.2 Å². The van der Waals surface area contributed by atoms with Crippen molar-refractivity contribution in [1.29, 1.82) is 0 Å². The molecule has 1 aromatic rings. The predicted octanol–water partition coefficient (Wildman–Crippen LogP) is 1.93. The Hall–Kier alpha value is -1.36. The van der Waals surface area contributed by atoms with E-state index in [1.54, 1.807) is 0 Å². The zero-order valence-corrected chi connectivity index (χ0v) is 13.4. The first-order valence-corrected chi connectivity index (χ1v) is 7.31. The molecule has 114 valence electrons. The normalized spacial score (nSPS) is 11.9. The van der Waals surface area contributed by atoms with Crippen LogP contribution < -0.4 is 10.6 Å². The fourth-order valence-corrected chi connectivity index (χ4v) is 1.65. The third-order valence-electron chi connectivity index (χ3n) is 2.90. The first-order chi connectivity index (χ1) is 9.28. The second-order valence-corrected chi connectivity index (χ2v) is 6.51. The second kappa shape index (κ2) is 7.43. The minimum atomic E-state index is 0.0540. The summed E-state index contributed by atoms with van der Waals surface area (Å²) in [6, 6.07) is 0. The summed E-state index contributed by atoms with van der Waals surface area (Å²) in [7, 11) is 0. The van der Waals surface area contributed by atoms with E-state index in [4.69, 9.17) is 0 Å². The van der Waals surface area contributed by atoms with Crippen molar-refractivity contribution in [3.05, 3.63) is 18.2 Å². The highest BCUT2D eigenvalue weighted by Gasteiger charge is 2.09. The van der Waals surface area contributed by atoms with Crippen molar-refractivity contribution in [3.8, 4) is 0 Å². The van der Waals surface area contributed by atoms with Crippen LogP contribution in [0.5, 0.6) is 0 Å². The molecule has 0 bridgehead atoms. The zero-order valence-electron chi connectivity index (χ0n) is 13.4. The molecule has 0 aliphatic heterocycles. The molecule has 0 fully saturated rings. The van der Waals surface area contributed by atoms with E-state index >= 15 is 0 Å². The Kier molecular flexibility index (Phi) is 6.20. The number of hydrogen-bond donors (Lipinski definition) is 2. The van der Waals surface area contributed by atoms with Gasteiger partial charge in [0.15, 0.2) is 0 Å². The average Bonchev–Trinajstić information content (AvgIpc) is 2.79. The number of nitrogens with zero attached hydrogens (tertiary/aromatic N) is 2. The molecule has 1 aromatic heterocycles. The Morgan fingerprint density at radius 2 is 2.10 bits per heavy atom. The van der Waals surface area contributed by atoms with Crippen molar-refractivity contribution in [2.24, 2.45) is 5.92 Å². The minimum absolute atomic E-state index is 0.0540. The molecule has 0 unspecified atom stereocenters. The van der Waals surface area contributed by atoms with Gasteiger partial charge in [0, 0.05) is 37.3 Å². The van der Waals surface area contributed by atoms with Crippen molar-refractivity contribution in [2.75, 3.05) is 6.54 Å². The lowest BCUT2D eigenvalue weighted by Gasteiger charge is -2.19. The molecule has 0 aromatic carbocycles. The van der Waals surface area contributed by atoms with E-state index in [0.29, 0.717) is 6.54 Å². The van der Waals surface area contributed by atoms with Crippen LogP contribution in [0.15, 0.2) is 12.5 Å². The van der Waals surface area contributed by atoms with Gasteiger partial charge in [-0.15, -0.1) is 0 Å². The van der Waals surface area contributed by atoms with Gasteiger partial charge in [-0.3, -0.25) is 4.79 Å². The van der Waals surface area contributed by atoms with Crippen LogP contribution in [0.25, 0.3) is 0 Å². The number of rotatable bonds is 7. The highest BCUT2D eigenvalue weighted by molar-refractivity contribution is 5.77. The van der Waals surface area contributed by atoms with Gasteiger partial charge in [-0.05, 0) is 27.2 Å². The molecule has 0 saturated heterocycles. The molecular formula is C15H28N4O. The predicted molar refractivity (Wildman–Crippen MR) is 81.3 cm³/mol. The number of hydrogen-bond acceptors (Lipinski definition) is 3. The molecule has 20 heavy (non-hydrogen) atoms. The monoisotopic (exact) mass is 280 g/mol. The molecular weight excluding hydrogens is 252 g/mol. The summed E-state index contributed by atoms with van der Waals surface area (Å²) in [5.41, 5.74) is 1.15. The number of carbonyl (C=O) groups excluding carboxylic acids is 1. The average molecular weight is 280 g/mol. The molecule has 0 atom stereocenters. The zero-order chi connectivity index (χ0) is 15.2. The summed E-state index contributed by atoms with van der Waals surface area (Å²) in [4.78, 5) is 15.8. The van der Waals surface area contributed by atoms with Crippen molar-refractivity contribution >= 4 is 5.91 Å². The minimum Gasteiger partial charge on any atom is -0.356 e. The molecule has 5 heteroatoms. The summed E-state index contributed by atoms with van der Waals surface area (Å²) in [6.07, 6.45) is 4.83. The Bertz CT molecular complexity index is 418. The van der Waals surface area contributed by atoms with Crippen molar-refractivity contribution in [1.82, 2.24) is 20.2 Å². The van der Waals surface area contributed by atoms with Crippen LogP contribution in [0.3, 0.4) is 0 Å². The molecule has 0 radical (unpaired) electrons. The summed E-state index contributed by atoms with van der Waals surface area (Å²) in [5.74, 6) is 0.170. The molecule has 2 N–H and O–H groups in total. The van der Waals surface area contributed by atoms with E-state index in [1.807, 2.05) is 20.2 Å². The first kappa shape index (κ1) is 16.7. The van der Waals surface area contributed by atoms with Gasteiger partial charge in [-0.25, -0.2) is 4.98 Å². The number of amides is 1. The smallest absolute Gasteiger partial charge is 0.222 e. The summed E-state index contributed by atoms with van der Waals surface area (Å²) in [6.45, 7) is 12.6. The SMILES string of the molecule is CC(C)C(=O)NCCCn1cnc(CNC(C)(C)C)c1. The number of imidazole rings is 1. The van der Waals surface area contributed by atoms with Gasteiger partial charge in [0.05, 0.1) is 12.0 Å². The largest absolute Gasteiger partial charge is 0.356 e. The number of carbonyl (C=O) groups is 1. The second-order valence-electron chi connectivity index (χ2n) is 6.51. The van der Waals surface area contributed by atoms with Crippen molar-refractivity contribution in [2.45, 2.75) is 59.7 Å².